The van der Waals surface area contributed by atoms with Crippen molar-refractivity contribution in [2.24, 2.45) is 0 Å². The fraction of sp³-hybridized carbons (Fsp3) is 0.118. The average Bonchev–Trinajstić information content (AvgIpc) is 2.97. The lowest BCUT2D eigenvalue weighted by molar-refractivity contribution is -0.111. The molecule has 0 saturated heterocycles. The number of carbonyl (C=O) groups is 1. The summed E-state index contributed by atoms with van der Waals surface area (Å²) in [5, 5.41) is 2.89. The van der Waals surface area contributed by atoms with Crippen LogP contribution in [0.1, 0.15) is 11.1 Å². The van der Waals surface area contributed by atoms with Crippen LogP contribution in [-0.2, 0) is 4.79 Å². The summed E-state index contributed by atoms with van der Waals surface area (Å²) < 4.78 is 24.2. The fourth-order valence-electron chi connectivity index (χ4n) is 2.15. The molecule has 0 spiro atoms. The van der Waals surface area contributed by atoms with Gasteiger partial charge in [0.25, 0.3) is 0 Å². The second kappa shape index (κ2) is 6.30. The Bertz CT molecular complexity index is 805. The van der Waals surface area contributed by atoms with Crippen LogP contribution in [0, 0.1) is 12.7 Å². The van der Waals surface area contributed by atoms with Gasteiger partial charge in [0.1, 0.15) is 5.82 Å². The van der Waals surface area contributed by atoms with Crippen LogP contribution in [0.5, 0.6) is 11.5 Å². The van der Waals surface area contributed by atoms with E-state index in [2.05, 4.69) is 5.32 Å². The first kappa shape index (κ1) is 15.4. The van der Waals surface area contributed by atoms with Gasteiger partial charge in [-0.2, -0.15) is 0 Å². The van der Waals surface area contributed by atoms with Gasteiger partial charge in [0.2, 0.25) is 12.7 Å². The maximum Gasteiger partial charge on any atom is 0.248 e. The number of nitrogens with one attached hydrogen (secondary N) is 1. The normalized spacial score (nSPS) is 12.7. The van der Waals surface area contributed by atoms with Gasteiger partial charge in [0, 0.05) is 6.08 Å². The first-order chi connectivity index (χ1) is 11.0. The molecule has 3 rings (SSSR count). The molecule has 0 unspecified atom stereocenters. The molecule has 0 radical (unpaired) electrons. The third-order valence-corrected chi connectivity index (χ3v) is 3.54. The summed E-state index contributed by atoms with van der Waals surface area (Å²) in [6.07, 6.45) is 2.86. The molecule has 0 bridgehead atoms. The molecule has 1 heterocycles. The van der Waals surface area contributed by atoms with Gasteiger partial charge in [-0.25, -0.2) is 4.39 Å². The molecule has 4 nitrogen and oxygen atoms in total. The summed E-state index contributed by atoms with van der Waals surface area (Å²) in [6.45, 7) is 1.90. The lowest BCUT2D eigenvalue weighted by Gasteiger charge is -2.05. The number of aryl methyl sites for hydroxylation is 1. The highest BCUT2D eigenvalue weighted by Gasteiger charge is 2.17. The molecule has 0 aromatic heterocycles. The Morgan fingerprint density at radius 2 is 2.13 bits per heavy atom. The Hall–Kier alpha value is -2.53. The van der Waals surface area contributed by atoms with Crippen molar-refractivity contribution < 1.29 is 18.7 Å². The molecular formula is C17H13ClFNO3. The lowest BCUT2D eigenvalue weighted by atomic mass is 10.2. The van der Waals surface area contributed by atoms with Crippen molar-refractivity contribution in [2.75, 3.05) is 12.1 Å². The largest absolute Gasteiger partial charge is 0.454 e. The summed E-state index contributed by atoms with van der Waals surface area (Å²) >= 11 is 6.07. The molecule has 2 aromatic rings. The number of benzene rings is 2. The molecule has 2 aromatic carbocycles. The highest BCUT2D eigenvalue weighted by molar-refractivity contribution is 6.32. The maximum absolute atomic E-state index is 13.7. The molecule has 0 aliphatic carbocycles. The van der Waals surface area contributed by atoms with Crippen LogP contribution < -0.4 is 14.8 Å². The van der Waals surface area contributed by atoms with Gasteiger partial charge < -0.3 is 14.8 Å². The minimum absolute atomic E-state index is 0.120. The van der Waals surface area contributed by atoms with Gasteiger partial charge in [0.15, 0.2) is 11.5 Å². The van der Waals surface area contributed by atoms with Crippen molar-refractivity contribution in [3.63, 3.8) is 0 Å². The van der Waals surface area contributed by atoms with E-state index in [-0.39, 0.29) is 12.5 Å². The molecule has 1 amide bonds. The first-order valence-electron chi connectivity index (χ1n) is 6.87. The van der Waals surface area contributed by atoms with Gasteiger partial charge in [-0.1, -0.05) is 17.7 Å². The van der Waals surface area contributed by atoms with Crippen LogP contribution in [0.15, 0.2) is 36.4 Å². The minimum Gasteiger partial charge on any atom is -0.454 e. The number of ether oxygens (including phenoxy) is 2. The lowest BCUT2D eigenvalue weighted by Crippen LogP contribution is -2.09. The fourth-order valence-corrected chi connectivity index (χ4v) is 2.43. The third-order valence-electron chi connectivity index (χ3n) is 3.26. The van der Waals surface area contributed by atoms with Crippen LogP contribution in [0.3, 0.4) is 0 Å². The Morgan fingerprint density at radius 1 is 1.30 bits per heavy atom. The van der Waals surface area contributed by atoms with Crippen LogP contribution in [0.4, 0.5) is 10.1 Å². The summed E-state index contributed by atoms with van der Waals surface area (Å²) in [4.78, 5) is 11.9. The van der Waals surface area contributed by atoms with E-state index in [9.17, 15) is 9.18 Å². The highest BCUT2D eigenvalue weighted by atomic mass is 35.5. The van der Waals surface area contributed by atoms with Crippen molar-refractivity contribution in [3.8, 4) is 11.5 Å². The summed E-state index contributed by atoms with van der Waals surface area (Å²) in [7, 11) is 0. The van der Waals surface area contributed by atoms with Gasteiger partial charge in [-0.05, 0) is 48.4 Å². The maximum atomic E-state index is 13.7. The van der Waals surface area contributed by atoms with E-state index in [0.717, 1.165) is 5.56 Å². The van der Waals surface area contributed by atoms with E-state index in [1.807, 2.05) is 0 Å². The summed E-state index contributed by atoms with van der Waals surface area (Å²) in [5.74, 6) is 0.108. The van der Waals surface area contributed by atoms with Crippen molar-refractivity contribution >= 4 is 29.3 Å². The number of amides is 1. The molecule has 6 heteroatoms. The second-order valence-corrected chi connectivity index (χ2v) is 5.45. The molecule has 1 N–H and O–H groups in total. The van der Waals surface area contributed by atoms with Gasteiger partial charge in [0.05, 0.1) is 10.7 Å². The van der Waals surface area contributed by atoms with Crippen LogP contribution in [-0.4, -0.2) is 12.7 Å². The van der Waals surface area contributed by atoms with E-state index in [0.29, 0.717) is 22.1 Å². The molecule has 0 saturated carbocycles. The zero-order valence-corrected chi connectivity index (χ0v) is 13.0. The van der Waals surface area contributed by atoms with Gasteiger partial charge in [-0.15, -0.1) is 0 Å². The van der Waals surface area contributed by atoms with Crippen molar-refractivity contribution in [2.45, 2.75) is 6.92 Å². The van der Waals surface area contributed by atoms with E-state index in [1.165, 1.54) is 18.2 Å². The topological polar surface area (TPSA) is 47.6 Å². The number of rotatable bonds is 3. The number of anilines is 1. The van der Waals surface area contributed by atoms with Gasteiger partial charge in [-0.3, -0.25) is 4.79 Å². The molecule has 0 atom stereocenters. The average molecular weight is 334 g/mol. The second-order valence-electron chi connectivity index (χ2n) is 5.04. The quantitative estimate of drug-likeness (QED) is 0.858. The molecule has 1 aliphatic rings. The van der Waals surface area contributed by atoms with Crippen molar-refractivity contribution in [3.05, 3.63) is 58.4 Å². The number of halogens is 2. The van der Waals surface area contributed by atoms with Crippen LogP contribution in [0.25, 0.3) is 6.08 Å². The number of hydrogen-bond donors (Lipinski definition) is 1. The zero-order valence-electron chi connectivity index (χ0n) is 12.2. The smallest absolute Gasteiger partial charge is 0.248 e. The van der Waals surface area contributed by atoms with Crippen molar-refractivity contribution in [1.29, 1.82) is 0 Å². The number of hydrogen-bond acceptors (Lipinski definition) is 3. The van der Waals surface area contributed by atoms with Crippen molar-refractivity contribution in [1.82, 2.24) is 0 Å². The summed E-state index contributed by atoms with van der Waals surface area (Å²) in [6, 6.07) is 7.97. The van der Waals surface area contributed by atoms with E-state index < -0.39 is 11.7 Å². The monoisotopic (exact) mass is 333 g/mol. The first-order valence-corrected chi connectivity index (χ1v) is 7.25. The molecule has 118 valence electrons. The third kappa shape index (κ3) is 3.46. The van der Waals surface area contributed by atoms with E-state index in [1.54, 1.807) is 31.2 Å². The van der Waals surface area contributed by atoms with E-state index >= 15 is 0 Å². The van der Waals surface area contributed by atoms with Gasteiger partial charge >= 0.3 is 0 Å². The van der Waals surface area contributed by atoms with Crippen LogP contribution in [0.2, 0.25) is 5.02 Å². The molecule has 23 heavy (non-hydrogen) atoms. The predicted octanol–water partition coefficient (Wildman–Crippen LogP) is 4.17. The standard InChI is InChI=1S/C17H13ClFNO3/c1-10-2-4-14(13(19)6-10)20-16(21)5-3-11-7-12(18)17-15(8-11)22-9-23-17/h2-8H,9H2,1H3,(H,20,21)/b5-3+. The zero-order chi connectivity index (χ0) is 16.4. The Morgan fingerprint density at radius 3 is 2.91 bits per heavy atom. The highest BCUT2D eigenvalue weighted by Crippen LogP contribution is 2.40. The number of carbonyl (C=O) groups excluding carboxylic acids is 1. The molecular weight excluding hydrogens is 321 g/mol. The Kier molecular flexibility index (Phi) is 4.21. The summed E-state index contributed by atoms with van der Waals surface area (Å²) in [5.41, 5.74) is 1.60. The van der Waals surface area contributed by atoms with Crippen LogP contribution >= 0.6 is 11.6 Å². The Labute approximate surface area is 137 Å². The predicted molar refractivity (Wildman–Crippen MR) is 86.4 cm³/mol. The minimum atomic E-state index is -0.474. The Balaban J connectivity index is 1.72. The van der Waals surface area contributed by atoms with E-state index in [4.69, 9.17) is 21.1 Å². The molecule has 1 aliphatic heterocycles. The SMILES string of the molecule is Cc1ccc(NC(=O)/C=C/c2cc(Cl)c3c(c2)OCO3)c(F)c1. The molecule has 0 fully saturated rings. The number of fused-ring (bicyclic) bond motifs is 1.